The maximum absolute atomic E-state index is 15.0. The van der Waals surface area contributed by atoms with E-state index < -0.39 is 0 Å². The van der Waals surface area contributed by atoms with Gasteiger partial charge in [0, 0.05) is 64.7 Å². The SMILES string of the molecule is CC1=C(CCC[N+](C)(C)C)/C2=C/c3[nH]c(c(C)c3CCC[N+](C)(C)C)/C(c3c(O)ccc4ccccc34)=c3\[nH]/c(c(CCC[N+](C)(C)C)c3C)=C\c3[nH]c(c(C)c3CCC[N+](C)(C)C)/C(=C3/C(=O)C=Cc4ccccc43)C1=N2. The van der Waals surface area contributed by atoms with Crippen LogP contribution in [0.1, 0.15) is 112 Å². The third-order valence-corrected chi connectivity index (χ3v) is 16.5. The van der Waals surface area contributed by atoms with E-state index >= 15 is 0 Å². The zero-order valence-corrected chi connectivity index (χ0v) is 50.2. The van der Waals surface area contributed by atoms with Gasteiger partial charge < -0.3 is 38.0 Å². The highest BCUT2D eigenvalue weighted by atomic mass is 16.3. The first kappa shape index (κ1) is 56.2. The zero-order chi connectivity index (χ0) is 56.2. The van der Waals surface area contributed by atoms with Gasteiger partial charge in [0.15, 0.2) is 5.78 Å². The summed E-state index contributed by atoms with van der Waals surface area (Å²) in [5.41, 5.74) is 20.6. The molecule has 0 radical (unpaired) electrons. The minimum Gasteiger partial charge on any atom is -0.507 e. The van der Waals surface area contributed by atoms with E-state index in [1.54, 1.807) is 6.08 Å². The molecule has 0 unspecified atom stereocenters. The number of phenolic OH excluding ortho intramolecular Hbond substituents is 1. The number of aromatic hydroxyl groups is 1. The highest BCUT2D eigenvalue weighted by Crippen LogP contribution is 2.44. The maximum Gasteiger partial charge on any atom is 0.187 e. The molecule has 78 heavy (non-hydrogen) atoms. The molecule has 4 N–H and O–H groups in total. The lowest BCUT2D eigenvalue weighted by atomic mass is 9.83. The molecule has 9 rings (SSSR count). The third-order valence-electron chi connectivity index (χ3n) is 16.5. The van der Waals surface area contributed by atoms with Crippen LogP contribution in [0.4, 0.5) is 0 Å². The van der Waals surface area contributed by atoms with Crippen molar-refractivity contribution in [2.75, 3.05) is 111 Å². The molecule has 0 saturated carbocycles. The van der Waals surface area contributed by atoms with Gasteiger partial charge >= 0.3 is 0 Å². The van der Waals surface area contributed by atoms with E-state index in [0.717, 1.165) is 190 Å². The standard InChI is InChI=1S/C68H88N8O2/c1-43-49(29-21-37-73(5,6)7)55-41-56-51(31-23-39-75(11,12)13)45(3)67(71-56)64(62-54-28-20-18-26-48(54)34-36-60(62)78)68-46(4)52(32-24-40-76(14,15)16)58(72-68)42-57-50(30-22-38-74(8,9)10)44(2)66(70-57)63(65(43)69-55)61-53-27-19-17-25-47(53)33-35-59(61)77/h17-20,25-28,33-36,41-42H,21-24,29-32,37-40H2,1-16H3,(H2-2,69,70,71,72,77,78)/q+2/p+2/b55-41-,56-41?,57-42?,58-42-,65-63-,66-63?,67-64?,68-64?. The summed E-state index contributed by atoms with van der Waals surface area (Å²) in [6.07, 6.45) is 15.7. The van der Waals surface area contributed by atoms with E-state index in [9.17, 15) is 9.90 Å². The second-order valence-electron chi connectivity index (χ2n) is 26.9. The summed E-state index contributed by atoms with van der Waals surface area (Å²) in [5, 5.41) is 16.6. The number of hydrogen-bond acceptors (Lipinski definition) is 3. The predicted octanol–water partition coefficient (Wildman–Crippen LogP) is 10.6. The number of fused-ring (bicyclic) bond motifs is 9. The van der Waals surface area contributed by atoms with E-state index in [0.29, 0.717) is 5.57 Å². The van der Waals surface area contributed by atoms with E-state index in [1.165, 1.54) is 33.4 Å². The number of aliphatic imine (C=N–C) groups is 1. The van der Waals surface area contributed by atoms with Crippen LogP contribution in [0.5, 0.6) is 5.75 Å². The molecule has 8 bridgehead atoms. The van der Waals surface area contributed by atoms with Gasteiger partial charge in [-0.25, -0.2) is 4.99 Å². The Balaban J connectivity index is 1.48. The molecule has 3 aromatic carbocycles. The van der Waals surface area contributed by atoms with Crippen LogP contribution >= 0.6 is 0 Å². The Morgan fingerprint density at radius 2 is 1.05 bits per heavy atom. The van der Waals surface area contributed by atoms with E-state index in [2.05, 4.69) is 188 Å². The molecular formula is C68H90N8O2+4. The minimum absolute atomic E-state index is 0.0168. The number of hydrogen-bond donors (Lipinski definition) is 4. The Labute approximate surface area is 465 Å². The van der Waals surface area contributed by atoms with Crippen molar-refractivity contribution in [2.24, 2.45) is 4.99 Å². The third kappa shape index (κ3) is 11.9. The van der Waals surface area contributed by atoms with E-state index in [4.69, 9.17) is 4.99 Å². The molecule has 10 nitrogen and oxygen atoms in total. The van der Waals surface area contributed by atoms with Crippen molar-refractivity contribution in [1.29, 1.82) is 0 Å². The summed E-state index contributed by atoms with van der Waals surface area (Å²) >= 11 is 0. The van der Waals surface area contributed by atoms with Crippen LogP contribution in [0.2, 0.25) is 0 Å². The number of nitrogens with zero attached hydrogens (tertiary/aromatic N) is 5. The fourth-order valence-corrected chi connectivity index (χ4v) is 12.3. The lowest BCUT2D eigenvalue weighted by molar-refractivity contribution is -0.870. The average Bonchev–Trinajstić information content (AvgIpc) is 4.09. The molecule has 0 spiro atoms. The molecule has 3 aliphatic rings. The van der Waals surface area contributed by atoms with Crippen molar-refractivity contribution < 1.29 is 27.8 Å². The van der Waals surface area contributed by atoms with Crippen LogP contribution in [0, 0.1) is 20.8 Å². The van der Waals surface area contributed by atoms with Gasteiger partial charge in [-0.1, -0.05) is 60.7 Å². The fourth-order valence-electron chi connectivity index (χ4n) is 12.3. The number of aromatic amines is 3. The summed E-state index contributed by atoms with van der Waals surface area (Å²) in [5.74, 6) is 0.225. The zero-order valence-electron chi connectivity index (χ0n) is 50.2. The smallest absolute Gasteiger partial charge is 0.187 e. The van der Waals surface area contributed by atoms with Crippen molar-refractivity contribution in [3.8, 4) is 5.75 Å². The number of nitrogens with one attached hydrogen (secondary N) is 3. The van der Waals surface area contributed by atoms with Crippen molar-refractivity contribution in [1.82, 2.24) is 15.0 Å². The Morgan fingerprint density at radius 3 is 1.65 bits per heavy atom. The molecule has 10 heteroatoms. The molecule has 2 aliphatic heterocycles. The van der Waals surface area contributed by atoms with Gasteiger partial charge in [-0.15, -0.1) is 0 Å². The highest BCUT2D eigenvalue weighted by molar-refractivity contribution is 6.48. The van der Waals surface area contributed by atoms with Crippen LogP contribution in [-0.2, 0) is 24.1 Å². The predicted molar refractivity (Wildman–Crippen MR) is 328 cm³/mol. The number of quaternary nitrogens is 4. The Kier molecular flexibility index (Phi) is 15.5. The number of H-pyrrole nitrogens is 3. The van der Waals surface area contributed by atoms with Crippen LogP contribution in [0.15, 0.2) is 88.6 Å². The molecule has 0 fully saturated rings. The van der Waals surface area contributed by atoms with Crippen molar-refractivity contribution >= 4 is 57.2 Å². The quantitative estimate of drug-likeness (QED) is 0.0541. The van der Waals surface area contributed by atoms with Crippen molar-refractivity contribution in [3.05, 3.63) is 167 Å². The van der Waals surface area contributed by atoms with Gasteiger partial charge in [0.05, 0.1) is 139 Å². The van der Waals surface area contributed by atoms with E-state index in [1.807, 2.05) is 18.2 Å². The number of carbonyl (C=O) groups excluding carboxylic acids is 1. The van der Waals surface area contributed by atoms with Gasteiger partial charge in [-0.05, 0) is 144 Å². The number of ketones is 1. The molecule has 3 aromatic heterocycles. The average molecular weight is 1050 g/mol. The first-order valence-corrected chi connectivity index (χ1v) is 28.6. The monoisotopic (exact) mass is 1050 g/mol. The van der Waals surface area contributed by atoms with Gasteiger partial charge in [0.1, 0.15) is 5.75 Å². The lowest BCUT2D eigenvalue weighted by Gasteiger charge is -2.24. The molecule has 410 valence electrons. The first-order valence-electron chi connectivity index (χ1n) is 28.6. The summed E-state index contributed by atoms with van der Waals surface area (Å²) < 4.78 is 3.45. The Hall–Kier alpha value is -6.56. The van der Waals surface area contributed by atoms with Gasteiger partial charge in [0.25, 0.3) is 0 Å². The molecule has 5 heterocycles. The number of carbonyl (C=O) groups is 1. The van der Waals surface area contributed by atoms with E-state index in [-0.39, 0.29) is 11.5 Å². The first-order chi connectivity index (χ1) is 36.7. The molecule has 0 saturated heterocycles. The Bertz CT molecular complexity index is 3620. The van der Waals surface area contributed by atoms with Gasteiger partial charge in [-0.2, -0.15) is 0 Å². The number of rotatable bonds is 17. The lowest BCUT2D eigenvalue weighted by Crippen LogP contribution is -2.35. The molecule has 6 aromatic rings. The second-order valence-corrected chi connectivity index (χ2v) is 26.9. The summed E-state index contributed by atoms with van der Waals surface area (Å²) in [6.45, 7) is 13.1. The molecular weight excluding hydrogens is 961 g/mol. The molecule has 1 aliphatic carbocycles. The fraction of sp³-hybridized carbons (Fsp3) is 0.412. The van der Waals surface area contributed by atoms with Gasteiger partial charge in [0.2, 0.25) is 0 Å². The number of phenols is 1. The normalized spacial score (nSPS) is 17.9. The van der Waals surface area contributed by atoms with Crippen LogP contribution in [0.25, 0.3) is 45.7 Å². The van der Waals surface area contributed by atoms with Crippen LogP contribution in [-0.4, -0.2) is 160 Å². The molecule has 0 atom stereocenters. The number of allylic oxidation sites excluding steroid dienone is 5. The number of aromatic nitrogens is 3. The second kappa shape index (κ2) is 21.6. The van der Waals surface area contributed by atoms with Gasteiger partial charge in [-0.3, -0.25) is 4.79 Å². The largest absolute Gasteiger partial charge is 0.507 e. The number of benzene rings is 3. The van der Waals surface area contributed by atoms with Crippen LogP contribution in [0.3, 0.4) is 0 Å². The summed E-state index contributed by atoms with van der Waals surface area (Å²) in [7, 11) is 27.2. The van der Waals surface area contributed by atoms with Crippen molar-refractivity contribution in [3.63, 3.8) is 0 Å². The van der Waals surface area contributed by atoms with Crippen LogP contribution < -0.4 is 10.7 Å². The maximum atomic E-state index is 15.0. The minimum atomic E-state index is -0.0168. The highest BCUT2D eigenvalue weighted by Gasteiger charge is 2.34. The topological polar surface area (TPSA) is 97.0 Å². The Morgan fingerprint density at radius 1 is 0.526 bits per heavy atom. The summed E-state index contributed by atoms with van der Waals surface area (Å²) in [4.78, 5) is 33.3. The summed E-state index contributed by atoms with van der Waals surface area (Å²) in [6, 6.07) is 20.7. The van der Waals surface area contributed by atoms with Crippen molar-refractivity contribution in [2.45, 2.75) is 79.1 Å². The molecule has 0 amide bonds.